The molecule has 1 aromatic carbocycles. The summed E-state index contributed by atoms with van der Waals surface area (Å²) < 4.78 is 4.59. The van der Waals surface area contributed by atoms with Gasteiger partial charge in [-0.05, 0) is 5.21 Å². The van der Waals surface area contributed by atoms with E-state index in [2.05, 4.69) is 30.1 Å². The summed E-state index contributed by atoms with van der Waals surface area (Å²) in [6, 6.07) is 9.41. The number of hydrogen-bond acceptors (Lipinski definition) is 7. The van der Waals surface area contributed by atoms with Crippen molar-refractivity contribution in [3.63, 3.8) is 0 Å². The molecule has 0 aliphatic heterocycles. The van der Waals surface area contributed by atoms with Crippen LogP contribution in [-0.4, -0.2) is 43.3 Å². The number of esters is 1. The number of carbonyl (C=O) groups is 1. The fourth-order valence-corrected chi connectivity index (χ4v) is 1.67. The van der Waals surface area contributed by atoms with E-state index in [4.69, 9.17) is 0 Å². The van der Waals surface area contributed by atoms with E-state index in [1.54, 1.807) is 0 Å². The van der Waals surface area contributed by atoms with Crippen LogP contribution >= 0.6 is 0 Å². The number of benzene rings is 1. The molecule has 0 saturated carbocycles. The fraction of sp³-hybridized carbons (Fsp3) is 0.0769. The van der Waals surface area contributed by atoms with Crippen molar-refractivity contribution in [1.29, 1.82) is 0 Å². The van der Waals surface area contributed by atoms with Gasteiger partial charge in [0.1, 0.15) is 0 Å². The molecule has 0 N–H and O–H groups in total. The van der Waals surface area contributed by atoms with Gasteiger partial charge in [0.25, 0.3) is 0 Å². The Morgan fingerprint density at radius 3 is 2.76 bits per heavy atom. The summed E-state index contributed by atoms with van der Waals surface area (Å²) in [5.41, 5.74) is 0.911. The maximum Gasteiger partial charge on any atom is 0.358 e. The van der Waals surface area contributed by atoms with Crippen LogP contribution in [0.4, 0.5) is 0 Å². The first-order chi connectivity index (χ1) is 10.3. The van der Waals surface area contributed by atoms with Crippen molar-refractivity contribution in [2.75, 3.05) is 7.11 Å². The molecule has 2 aromatic heterocycles. The van der Waals surface area contributed by atoms with E-state index in [0.717, 1.165) is 5.56 Å². The third kappa shape index (κ3) is 2.59. The molecule has 0 fully saturated rings. The van der Waals surface area contributed by atoms with E-state index in [1.165, 1.54) is 24.3 Å². The summed E-state index contributed by atoms with van der Waals surface area (Å²) >= 11 is 0. The highest BCUT2D eigenvalue weighted by Gasteiger charge is 2.12. The Labute approximate surface area is 119 Å². The summed E-state index contributed by atoms with van der Waals surface area (Å²) in [5.74, 6) is 0.168. The van der Waals surface area contributed by atoms with Crippen molar-refractivity contribution in [3.8, 4) is 17.2 Å². The smallest absolute Gasteiger partial charge is 0.358 e. The van der Waals surface area contributed by atoms with Crippen LogP contribution in [-0.2, 0) is 4.74 Å². The SMILES string of the molecule is COC(=O)c1cncc(-n2nnc(-c3ccccc3)n2)n1. The molecule has 0 amide bonds. The first-order valence-electron chi connectivity index (χ1n) is 6.04. The van der Waals surface area contributed by atoms with Crippen molar-refractivity contribution in [1.82, 2.24) is 30.2 Å². The number of rotatable bonds is 3. The lowest BCUT2D eigenvalue weighted by Gasteiger charge is -2.00. The molecule has 8 nitrogen and oxygen atoms in total. The van der Waals surface area contributed by atoms with Gasteiger partial charge in [-0.1, -0.05) is 30.3 Å². The first-order valence-corrected chi connectivity index (χ1v) is 6.04. The van der Waals surface area contributed by atoms with Gasteiger partial charge in [-0.15, -0.1) is 15.0 Å². The first kappa shape index (κ1) is 12.9. The van der Waals surface area contributed by atoms with Crippen molar-refractivity contribution < 1.29 is 9.53 Å². The van der Waals surface area contributed by atoms with Crippen molar-refractivity contribution in [3.05, 3.63) is 48.4 Å². The molecule has 21 heavy (non-hydrogen) atoms. The van der Waals surface area contributed by atoms with Crippen LogP contribution in [0.1, 0.15) is 10.5 Å². The van der Waals surface area contributed by atoms with Gasteiger partial charge in [0, 0.05) is 5.56 Å². The average Bonchev–Trinajstić information content (AvgIpc) is 3.05. The highest BCUT2D eigenvalue weighted by Crippen LogP contribution is 2.13. The number of nitrogens with zero attached hydrogens (tertiary/aromatic N) is 6. The molecule has 0 aliphatic carbocycles. The highest BCUT2D eigenvalue weighted by atomic mass is 16.5. The summed E-state index contributed by atoms with van der Waals surface area (Å²) in [6.07, 6.45) is 2.74. The number of tetrazole rings is 1. The molecule has 3 rings (SSSR count). The number of hydrogen-bond donors (Lipinski definition) is 0. The van der Waals surface area contributed by atoms with E-state index < -0.39 is 5.97 Å². The number of carbonyl (C=O) groups excluding carboxylic acids is 1. The van der Waals surface area contributed by atoms with Crippen LogP contribution in [0.15, 0.2) is 42.7 Å². The minimum absolute atomic E-state index is 0.0774. The second-order valence-corrected chi connectivity index (χ2v) is 4.02. The van der Waals surface area contributed by atoms with Gasteiger partial charge < -0.3 is 4.74 Å². The zero-order valence-corrected chi connectivity index (χ0v) is 11.0. The van der Waals surface area contributed by atoms with E-state index >= 15 is 0 Å². The lowest BCUT2D eigenvalue weighted by Crippen LogP contribution is -2.10. The second-order valence-electron chi connectivity index (χ2n) is 4.02. The Balaban J connectivity index is 1.95. The van der Waals surface area contributed by atoms with Gasteiger partial charge in [0.15, 0.2) is 11.5 Å². The van der Waals surface area contributed by atoms with Crippen molar-refractivity contribution in [2.45, 2.75) is 0 Å². The van der Waals surface area contributed by atoms with Gasteiger partial charge >= 0.3 is 5.97 Å². The summed E-state index contributed by atoms with van der Waals surface area (Å²) in [4.78, 5) is 20.6. The fourth-order valence-electron chi connectivity index (χ4n) is 1.67. The Kier molecular flexibility index (Phi) is 3.34. The van der Waals surface area contributed by atoms with Crippen molar-refractivity contribution in [2.24, 2.45) is 0 Å². The molecular formula is C13H10N6O2. The monoisotopic (exact) mass is 282 g/mol. The molecule has 8 heteroatoms. The van der Waals surface area contributed by atoms with Crippen molar-refractivity contribution >= 4 is 5.97 Å². The molecule has 0 bridgehead atoms. The van der Waals surface area contributed by atoms with Crippen LogP contribution in [0.5, 0.6) is 0 Å². The van der Waals surface area contributed by atoms with E-state index in [9.17, 15) is 4.79 Å². The van der Waals surface area contributed by atoms with Crippen LogP contribution in [0.2, 0.25) is 0 Å². The third-order valence-corrected chi connectivity index (χ3v) is 2.67. The number of aromatic nitrogens is 6. The minimum atomic E-state index is -0.576. The normalized spacial score (nSPS) is 10.3. The molecule has 104 valence electrons. The van der Waals surface area contributed by atoms with E-state index in [0.29, 0.717) is 5.82 Å². The minimum Gasteiger partial charge on any atom is -0.464 e. The predicted octanol–water partition coefficient (Wildman–Crippen LogP) is 0.906. The molecule has 0 saturated heterocycles. The third-order valence-electron chi connectivity index (χ3n) is 2.67. The summed E-state index contributed by atoms with van der Waals surface area (Å²) in [6.45, 7) is 0. The standard InChI is InChI=1S/C13H10N6O2/c1-21-13(20)10-7-14-8-11(15-10)19-17-12(16-18-19)9-5-3-2-4-6-9/h2-8H,1H3. The van der Waals surface area contributed by atoms with Crippen LogP contribution in [0.3, 0.4) is 0 Å². The second kappa shape index (κ2) is 5.45. The zero-order valence-electron chi connectivity index (χ0n) is 11.0. The molecule has 2 heterocycles. The predicted molar refractivity (Wildman–Crippen MR) is 71.5 cm³/mol. The molecule has 0 unspecified atom stereocenters. The van der Waals surface area contributed by atoms with Crippen LogP contribution < -0.4 is 0 Å². The maximum atomic E-state index is 11.4. The number of methoxy groups -OCH3 is 1. The lowest BCUT2D eigenvalue weighted by molar-refractivity contribution is 0.0593. The Morgan fingerprint density at radius 1 is 1.19 bits per heavy atom. The quantitative estimate of drug-likeness (QED) is 0.658. The van der Waals surface area contributed by atoms with Gasteiger partial charge in [-0.2, -0.15) is 0 Å². The van der Waals surface area contributed by atoms with Gasteiger partial charge in [-0.3, -0.25) is 4.98 Å². The van der Waals surface area contributed by atoms with Gasteiger partial charge in [-0.25, -0.2) is 9.78 Å². The molecule has 0 radical (unpaired) electrons. The van der Waals surface area contributed by atoms with E-state index in [1.807, 2.05) is 30.3 Å². The van der Waals surface area contributed by atoms with Gasteiger partial charge in [0.05, 0.1) is 19.5 Å². The average molecular weight is 282 g/mol. The maximum absolute atomic E-state index is 11.4. The van der Waals surface area contributed by atoms with Crippen LogP contribution in [0.25, 0.3) is 17.2 Å². The summed E-state index contributed by atoms with van der Waals surface area (Å²) in [5, 5.41) is 12.1. The van der Waals surface area contributed by atoms with Crippen LogP contribution in [0, 0.1) is 0 Å². The van der Waals surface area contributed by atoms with Gasteiger partial charge in [0.2, 0.25) is 5.82 Å². The molecule has 0 atom stereocenters. The topological polar surface area (TPSA) is 95.7 Å². The highest BCUT2D eigenvalue weighted by molar-refractivity contribution is 5.86. The Bertz CT molecular complexity index is 771. The molecular weight excluding hydrogens is 272 g/mol. The lowest BCUT2D eigenvalue weighted by atomic mass is 10.2. The van der Waals surface area contributed by atoms with E-state index in [-0.39, 0.29) is 11.5 Å². The molecule has 3 aromatic rings. The summed E-state index contributed by atoms with van der Waals surface area (Å²) in [7, 11) is 1.28. The number of ether oxygens (including phenoxy) is 1. The molecule has 0 spiro atoms. The largest absolute Gasteiger partial charge is 0.464 e. The Morgan fingerprint density at radius 2 is 2.00 bits per heavy atom. The Hall–Kier alpha value is -3.16. The zero-order chi connectivity index (χ0) is 14.7. The molecule has 0 aliphatic rings.